The van der Waals surface area contributed by atoms with Gasteiger partial charge in [-0.25, -0.2) is 0 Å². The molecule has 44 heavy (non-hydrogen) atoms. The summed E-state index contributed by atoms with van der Waals surface area (Å²) in [5, 5.41) is 9.30. The lowest BCUT2D eigenvalue weighted by atomic mass is 9.95. The van der Waals surface area contributed by atoms with E-state index in [9.17, 15) is 14.4 Å². The first-order chi connectivity index (χ1) is 21.2. The molecule has 0 bridgehead atoms. The van der Waals surface area contributed by atoms with Gasteiger partial charge in [-0.15, -0.1) is 0 Å². The van der Waals surface area contributed by atoms with E-state index >= 15 is 0 Å². The summed E-state index contributed by atoms with van der Waals surface area (Å²) in [5.41, 5.74) is 4.16. The van der Waals surface area contributed by atoms with Gasteiger partial charge in [-0.05, 0) is 77.8 Å². The van der Waals surface area contributed by atoms with E-state index in [-0.39, 0.29) is 28.8 Å². The monoisotopic (exact) mass is 602 g/mol. The highest BCUT2D eigenvalue weighted by molar-refractivity contribution is 5.86. The maximum absolute atomic E-state index is 13.8. The summed E-state index contributed by atoms with van der Waals surface area (Å²) in [7, 11) is 4.68. The lowest BCUT2D eigenvalue weighted by Gasteiger charge is -2.24. The highest BCUT2D eigenvalue weighted by Crippen LogP contribution is 2.50. The fraction of sp³-hybridized carbons (Fsp3) is 0.412. The molecule has 1 heterocycles. The molecule has 3 N–H and O–H groups in total. The van der Waals surface area contributed by atoms with Gasteiger partial charge in [0.15, 0.2) is 11.5 Å². The summed E-state index contributed by atoms with van der Waals surface area (Å²) in [5.74, 6) is 1.01. The average Bonchev–Trinajstić information content (AvgIpc) is 3.26. The van der Waals surface area contributed by atoms with E-state index in [2.05, 4.69) is 20.9 Å². The van der Waals surface area contributed by atoms with Crippen molar-refractivity contribution in [3.05, 3.63) is 75.7 Å². The topological polar surface area (TPSA) is 128 Å². The smallest absolute Gasteiger partial charge is 0.242 e. The minimum absolute atomic E-state index is 0.0525. The van der Waals surface area contributed by atoms with Gasteiger partial charge >= 0.3 is 0 Å². The number of aryl methyl sites for hydroxylation is 1. The molecule has 4 rings (SSSR count). The highest BCUT2D eigenvalue weighted by atomic mass is 16.5. The van der Waals surface area contributed by atoms with Gasteiger partial charge in [0.2, 0.25) is 23.0 Å². The Balaban J connectivity index is 1.77. The van der Waals surface area contributed by atoms with Gasteiger partial charge in [0.25, 0.3) is 0 Å². The van der Waals surface area contributed by atoms with Crippen molar-refractivity contribution in [2.24, 2.45) is 5.92 Å². The summed E-state index contributed by atoms with van der Waals surface area (Å²) in [6.07, 6.45) is 6.01. The Morgan fingerprint density at radius 1 is 1.02 bits per heavy atom. The number of carbonyl (C=O) groups excluding carboxylic acids is 2. The number of hydrogen-bond acceptors (Lipinski definition) is 8. The molecular weight excluding hydrogens is 560 g/mol. The van der Waals surface area contributed by atoms with Crippen molar-refractivity contribution in [2.45, 2.75) is 58.5 Å². The summed E-state index contributed by atoms with van der Waals surface area (Å²) in [6, 6.07) is 9.80. The number of fused-ring (bicyclic) bond motifs is 3. The van der Waals surface area contributed by atoms with E-state index in [4.69, 9.17) is 14.2 Å². The van der Waals surface area contributed by atoms with Crippen LogP contribution in [-0.2, 0) is 22.4 Å². The third-order valence-corrected chi connectivity index (χ3v) is 8.18. The van der Waals surface area contributed by atoms with Crippen LogP contribution in [0.5, 0.6) is 17.2 Å². The molecule has 10 nitrogen and oxygen atoms in total. The van der Waals surface area contributed by atoms with Crippen molar-refractivity contribution in [1.29, 1.82) is 0 Å². The molecule has 234 valence electrons. The van der Waals surface area contributed by atoms with E-state index in [1.807, 2.05) is 38.1 Å². The first-order valence-corrected chi connectivity index (χ1v) is 14.9. The van der Waals surface area contributed by atoms with E-state index in [1.165, 1.54) is 6.92 Å². The number of carbonyl (C=O) groups is 2. The summed E-state index contributed by atoms with van der Waals surface area (Å²) < 4.78 is 17.1. The second kappa shape index (κ2) is 14.7. The Hall–Kier alpha value is -4.60. The summed E-state index contributed by atoms with van der Waals surface area (Å²) >= 11 is 0. The zero-order valence-electron chi connectivity index (χ0n) is 26.3. The van der Waals surface area contributed by atoms with Crippen LogP contribution < -0.4 is 35.6 Å². The maximum Gasteiger partial charge on any atom is 0.242 e. The number of ether oxygens (including phenoxy) is 3. The molecule has 2 aromatic carbocycles. The van der Waals surface area contributed by atoms with Crippen molar-refractivity contribution in [2.75, 3.05) is 33.2 Å². The summed E-state index contributed by atoms with van der Waals surface area (Å²) in [4.78, 5) is 43.5. The Labute approximate surface area is 258 Å². The molecule has 0 radical (unpaired) electrons. The van der Waals surface area contributed by atoms with E-state index in [0.717, 1.165) is 28.7 Å². The highest BCUT2D eigenvalue weighted by Gasteiger charge is 2.30. The molecule has 3 aromatic rings. The van der Waals surface area contributed by atoms with Gasteiger partial charge in [0.05, 0.1) is 33.1 Å². The van der Waals surface area contributed by atoms with Crippen LogP contribution in [-0.4, -0.2) is 50.7 Å². The SMILES string of the molecule is CCC(C)C(Nc1ccc2c(cc1=O)C(NC(C)=O)CCc1cc(OC)c(OC)c(OC)c1-2)C(=O)NCCc1ccncc1. The van der Waals surface area contributed by atoms with Gasteiger partial charge in [0.1, 0.15) is 6.04 Å². The van der Waals surface area contributed by atoms with Crippen LogP contribution in [0.1, 0.15) is 56.3 Å². The van der Waals surface area contributed by atoms with E-state index in [0.29, 0.717) is 48.6 Å². The molecule has 3 atom stereocenters. The van der Waals surface area contributed by atoms with Crippen LogP contribution in [0.3, 0.4) is 0 Å². The number of anilines is 1. The third-order valence-electron chi connectivity index (χ3n) is 8.18. The number of pyridine rings is 1. The maximum atomic E-state index is 13.8. The summed E-state index contributed by atoms with van der Waals surface area (Å²) in [6.45, 7) is 5.91. The fourth-order valence-electron chi connectivity index (χ4n) is 5.69. The van der Waals surface area contributed by atoms with Gasteiger partial charge in [-0.2, -0.15) is 0 Å². The molecular formula is C34H42N4O6. The number of benzene rings is 1. The van der Waals surface area contributed by atoms with E-state index in [1.54, 1.807) is 45.9 Å². The Kier molecular flexibility index (Phi) is 10.8. The normalized spacial score (nSPS) is 15.0. The predicted molar refractivity (Wildman–Crippen MR) is 170 cm³/mol. The minimum Gasteiger partial charge on any atom is -0.493 e. The van der Waals surface area contributed by atoms with Crippen LogP contribution in [0, 0.1) is 5.92 Å². The molecule has 3 unspecified atom stereocenters. The number of methoxy groups -OCH3 is 3. The predicted octanol–water partition coefficient (Wildman–Crippen LogP) is 4.44. The zero-order valence-corrected chi connectivity index (χ0v) is 26.3. The number of aromatic nitrogens is 1. The molecule has 10 heteroatoms. The Bertz CT molecular complexity index is 1550. The Morgan fingerprint density at radius 2 is 1.75 bits per heavy atom. The third kappa shape index (κ3) is 7.12. The second-order valence-corrected chi connectivity index (χ2v) is 11.0. The fourth-order valence-corrected chi connectivity index (χ4v) is 5.69. The molecule has 1 aromatic heterocycles. The largest absolute Gasteiger partial charge is 0.493 e. The molecule has 0 saturated heterocycles. The molecule has 0 spiro atoms. The van der Waals surface area contributed by atoms with Gasteiger partial charge in [0, 0.05) is 31.4 Å². The number of hydrogen-bond donors (Lipinski definition) is 3. The first kappa shape index (κ1) is 32.3. The minimum atomic E-state index is -0.635. The van der Waals surface area contributed by atoms with Crippen LogP contribution >= 0.6 is 0 Å². The van der Waals surface area contributed by atoms with E-state index < -0.39 is 12.1 Å². The van der Waals surface area contributed by atoms with Crippen molar-refractivity contribution < 1.29 is 23.8 Å². The van der Waals surface area contributed by atoms with Crippen molar-refractivity contribution in [3.63, 3.8) is 0 Å². The molecule has 0 saturated carbocycles. The second-order valence-electron chi connectivity index (χ2n) is 11.0. The van der Waals surface area contributed by atoms with Gasteiger partial charge < -0.3 is 30.2 Å². The molecule has 0 fully saturated rings. The van der Waals surface area contributed by atoms with Crippen molar-refractivity contribution >= 4 is 17.5 Å². The standard InChI is InChI=1S/C34H42N4O6/c1-7-20(2)31(34(41)36-17-14-22-12-15-35-16-13-22)38-27-11-9-24-25(19-28(27)40)26(37-21(3)39)10-8-23-18-29(42-4)32(43-5)33(44-6)30(23)24/h9,11-13,15-16,18-20,26,31H,7-8,10,14,17H2,1-6H3,(H,36,41)(H,37,39)(H,38,40). The molecule has 1 aliphatic rings. The van der Waals surface area contributed by atoms with Gasteiger partial charge in [-0.1, -0.05) is 26.3 Å². The number of rotatable bonds is 12. The average molecular weight is 603 g/mol. The quantitative estimate of drug-likeness (QED) is 0.278. The number of amides is 2. The number of nitrogens with zero attached hydrogens (tertiary/aromatic N) is 1. The number of nitrogens with one attached hydrogen (secondary N) is 3. The van der Waals surface area contributed by atoms with Crippen LogP contribution in [0.25, 0.3) is 11.1 Å². The Morgan fingerprint density at radius 3 is 2.39 bits per heavy atom. The lowest BCUT2D eigenvalue weighted by molar-refractivity contribution is -0.123. The molecule has 1 aliphatic carbocycles. The van der Waals surface area contributed by atoms with Crippen molar-refractivity contribution in [1.82, 2.24) is 15.6 Å². The van der Waals surface area contributed by atoms with Crippen LogP contribution in [0.4, 0.5) is 5.69 Å². The van der Waals surface area contributed by atoms with Crippen molar-refractivity contribution in [3.8, 4) is 28.4 Å². The van der Waals surface area contributed by atoms with Crippen LogP contribution in [0.2, 0.25) is 0 Å². The van der Waals surface area contributed by atoms with Gasteiger partial charge in [-0.3, -0.25) is 19.4 Å². The first-order valence-electron chi connectivity index (χ1n) is 14.9. The molecule has 0 aliphatic heterocycles. The van der Waals surface area contributed by atoms with Crippen LogP contribution in [0.15, 0.2) is 53.6 Å². The zero-order chi connectivity index (χ0) is 31.8. The molecule has 2 amide bonds. The lowest BCUT2D eigenvalue weighted by Crippen LogP contribution is -2.45.